The molecule has 0 spiro atoms. The first kappa shape index (κ1) is 103. The van der Waals surface area contributed by atoms with E-state index in [0.717, 1.165) is 44.1 Å². The Morgan fingerprint density at radius 2 is 0.847 bits per heavy atom. The Balaban J connectivity index is -0.0000000251. The van der Waals surface area contributed by atoms with Crippen molar-refractivity contribution in [1.82, 2.24) is 39.9 Å². The topological polar surface area (TPSA) is 373 Å². The van der Waals surface area contributed by atoms with Crippen molar-refractivity contribution in [2.45, 2.75) is 177 Å². The number of hydrogen-bond acceptors (Lipinski definition) is 18. The number of nitrogen functional groups attached to an aromatic ring is 2. The lowest BCUT2D eigenvalue weighted by Crippen LogP contribution is -2.20. The number of fused-ring (bicyclic) bond motifs is 4. The predicted octanol–water partition coefficient (Wildman–Crippen LogP) is 18.8. The molecule has 20 nitrogen and oxygen atoms in total. The van der Waals surface area contributed by atoms with Crippen LogP contribution in [0.3, 0.4) is 0 Å². The van der Waals surface area contributed by atoms with Crippen LogP contribution >= 0.6 is 68.0 Å². The van der Waals surface area contributed by atoms with Gasteiger partial charge in [-0.05, 0) is 116 Å². The van der Waals surface area contributed by atoms with Crippen molar-refractivity contribution in [3.8, 4) is 0 Å². The number of anilines is 2. The number of aromatic nitrogens is 8. The Labute approximate surface area is 554 Å². The van der Waals surface area contributed by atoms with Gasteiger partial charge in [0.15, 0.2) is 0 Å². The van der Waals surface area contributed by atoms with E-state index in [9.17, 15) is 19.2 Å². The molecule has 0 unspecified atom stereocenters. The van der Waals surface area contributed by atoms with Crippen LogP contribution in [0.5, 0.6) is 0 Å². The molecule has 0 aliphatic carbocycles. The van der Waals surface area contributed by atoms with Crippen LogP contribution in [0.15, 0.2) is 87.9 Å². The van der Waals surface area contributed by atoms with Gasteiger partial charge < -0.3 is 60.8 Å². The largest absolute Gasteiger partial charge is 1.00 e. The monoisotopic (exact) mass is 1330 g/mol. The summed E-state index contributed by atoms with van der Waals surface area (Å²) in [4.78, 5) is 90.8. The number of primary amides is 4. The average molecular weight is 1330 g/mol. The zero-order valence-corrected chi connectivity index (χ0v) is 53.0. The number of aryl methyl sites for hydroxylation is 6. The summed E-state index contributed by atoms with van der Waals surface area (Å²) in [6, 6.07) is 9.74. The van der Waals surface area contributed by atoms with Crippen LogP contribution in [-0.2, 0) is 0 Å². The highest BCUT2D eigenvalue weighted by Crippen LogP contribution is 2.22. The molecular formula is C59H125N14O6S6-15. The average Bonchev–Trinajstić information content (AvgIpc) is 4.30. The van der Waals surface area contributed by atoms with Crippen LogP contribution in [0.1, 0.15) is 190 Å². The van der Waals surface area contributed by atoms with Gasteiger partial charge >= 0.3 is 23.4 Å². The number of carbonyl (C=O) groups excluding carboxylic acids is 2. The third-order valence-corrected chi connectivity index (χ3v) is 13.0. The van der Waals surface area contributed by atoms with Gasteiger partial charge in [0.05, 0.1) is 31.8 Å². The van der Waals surface area contributed by atoms with Crippen molar-refractivity contribution in [2.24, 2.45) is 22.9 Å². The molecule has 0 fully saturated rings. The van der Waals surface area contributed by atoms with Crippen LogP contribution in [0, 0.1) is 41.5 Å². The highest BCUT2D eigenvalue weighted by atomic mass is 32.1. The van der Waals surface area contributed by atoms with E-state index in [-0.39, 0.29) is 84.5 Å². The number of H-pyrrole nitrogens is 4. The molecular weight excluding hydrogens is 1190 g/mol. The Bertz CT molecular complexity index is 3180. The molecule has 518 valence electrons. The third-order valence-electron chi connectivity index (χ3n) is 7.72. The first-order chi connectivity index (χ1) is 37.2. The second kappa shape index (κ2) is 61.5. The number of carbonyl (C=O) groups is 2. The molecule has 10 rings (SSSR count). The summed E-state index contributed by atoms with van der Waals surface area (Å²) in [6.07, 6.45) is 0. The molecule has 10 aromatic heterocycles. The minimum absolute atomic E-state index is 0. The second-order valence-electron chi connectivity index (χ2n) is 12.8. The standard InChI is InChI=1S/2C8H8N2S.2C6H4N2O2S.2C5H7NS.6C2H6.2CH4N2O.7CH4.15H/c1-5-8-7(3-4-11-8)10-6(2)9-5;1-5-7-3-4-11-8(7)10-6(2)9-5;9-5-4-3(1-2-11-4)7-6(10)8-5;9-4-3-1-2-11-5(3)8-6(10)7-4;1-4-5(6)2-3-7-4;1-4-2-3-7-5(4)6;6*1-2;2*2-1(3)4;;;;;;;;;;;;;;;;;;;;;;/h2*3-4H,1-2H3;2*1-2H,(H2,7,8,9,10);2*2-3H,6H2,1H3;6*1-2H3;2*(H4,2,3,4);7*1H4;;;;;;;;;;;;;;;/q;;;;;;;;;;;;;;;;;;;;;15*-1/i;;;;;;;;;;;;;;;;;;;;;15*1+1. The third kappa shape index (κ3) is 42.4. The highest BCUT2D eigenvalue weighted by Gasteiger charge is 2.03. The molecule has 10 heterocycles. The molecule has 0 aliphatic heterocycles. The number of aromatic amines is 4. The van der Waals surface area contributed by atoms with Gasteiger partial charge in [0, 0.05) is 21.6 Å². The van der Waals surface area contributed by atoms with Crippen LogP contribution in [0.25, 0.3) is 40.9 Å². The van der Waals surface area contributed by atoms with Gasteiger partial charge in [-0.1, -0.05) is 135 Å². The number of amides is 4. The first-order valence-electron chi connectivity index (χ1n) is 24.6. The summed E-state index contributed by atoms with van der Waals surface area (Å²) in [7, 11) is 0. The molecule has 26 heteroatoms. The summed E-state index contributed by atoms with van der Waals surface area (Å²) in [6.45, 7) is 35.9. The first-order valence-corrected chi connectivity index (χ1v) is 29.9. The van der Waals surface area contributed by atoms with E-state index < -0.39 is 23.4 Å². The molecule has 10 aromatic rings. The summed E-state index contributed by atoms with van der Waals surface area (Å²) < 4.78 is 1.76. The van der Waals surface area contributed by atoms with Crippen molar-refractivity contribution in [3.63, 3.8) is 0 Å². The maximum Gasteiger partial charge on any atom is 0.326 e. The number of thiophene rings is 6. The fraction of sp³-hybridized carbons (Fsp3) is 0.424. The number of rotatable bonds is 0. The maximum atomic E-state index is 11.0. The number of nitrogens with two attached hydrogens (primary N) is 6. The lowest BCUT2D eigenvalue weighted by Gasteiger charge is -1.95. The minimum Gasteiger partial charge on any atom is -1.00 e. The lowest BCUT2D eigenvalue weighted by molar-refractivity contribution is 0.255. The van der Waals surface area contributed by atoms with E-state index in [1.54, 1.807) is 68.2 Å². The van der Waals surface area contributed by atoms with Gasteiger partial charge in [0.25, 0.3) is 11.1 Å². The van der Waals surface area contributed by atoms with E-state index in [1.165, 1.54) is 43.2 Å². The van der Waals surface area contributed by atoms with Crippen molar-refractivity contribution >= 4 is 132 Å². The molecule has 16 N–H and O–H groups in total. The van der Waals surface area contributed by atoms with Gasteiger partial charge in [-0.3, -0.25) is 24.5 Å². The number of nitrogens with zero attached hydrogens (tertiary/aromatic N) is 4. The highest BCUT2D eigenvalue weighted by molar-refractivity contribution is 7.18. The Kier molecular flexibility index (Phi) is 74.4. The van der Waals surface area contributed by atoms with E-state index in [4.69, 9.17) is 21.1 Å². The fourth-order valence-electron chi connectivity index (χ4n) is 4.86. The molecule has 0 saturated carbocycles. The van der Waals surface area contributed by atoms with Crippen LogP contribution < -0.4 is 56.9 Å². The molecule has 0 aromatic carbocycles. The number of urea groups is 2. The molecule has 0 atom stereocenters. The summed E-state index contributed by atoms with van der Waals surface area (Å²) in [5.41, 5.74) is 32.3. The van der Waals surface area contributed by atoms with Crippen LogP contribution in [0.4, 0.5) is 20.3 Å². The van der Waals surface area contributed by atoms with Crippen molar-refractivity contribution in [2.75, 3.05) is 11.5 Å². The Morgan fingerprint density at radius 3 is 1.29 bits per heavy atom. The van der Waals surface area contributed by atoms with Gasteiger partial charge in [0.2, 0.25) is 0 Å². The molecule has 4 amide bonds. The fourth-order valence-corrected chi connectivity index (χ4v) is 9.32. The summed E-state index contributed by atoms with van der Waals surface area (Å²) >= 11 is 9.27. The smallest absolute Gasteiger partial charge is 0.326 e. The molecule has 0 radical (unpaired) electrons. The van der Waals surface area contributed by atoms with E-state index in [0.29, 0.717) is 20.4 Å². The van der Waals surface area contributed by atoms with Gasteiger partial charge in [-0.2, -0.15) is 0 Å². The SMILES string of the molecule is C.C.C.C.C.C.C.CC.CC.CC.CC.CC.CC.Cc1ccsc1N.Cc1nc(C)c2ccsc2n1.Cc1nc(C)c2sccc2n1.Cc1sccc1N.NC(N)=O.NC(N)=O.O=c1[nH]c(=O)c2ccsc2[nH]1.O=c1[nH]c(=O)c2sccc2[nH]1.[2H-].[2H-].[2H-].[2H-].[2H-].[2H-].[2H-].[2H-].[2H-].[2H-].[2H-].[2H-].[2H-].[2H-].[2H-]. The summed E-state index contributed by atoms with van der Waals surface area (Å²) in [5.74, 6) is 1.71. The van der Waals surface area contributed by atoms with Crippen LogP contribution in [-0.4, -0.2) is 51.9 Å². The minimum atomic E-state index is -0.833. The molecule has 0 bridgehead atoms. The van der Waals surface area contributed by atoms with Gasteiger partial charge in [0.1, 0.15) is 26.0 Å². The molecule has 85 heavy (non-hydrogen) atoms. The van der Waals surface area contributed by atoms with Gasteiger partial charge in [-0.15, -0.1) is 68.0 Å². The molecule has 0 aliphatic rings. The van der Waals surface area contributed by atoms with Crippen LogP contribution in [0.2, 0.25) is 0 Å². The second-order valence-corrected chi connectivity index (χ2v) is 18.5. The van der Waals surface area contributed by atoms with E-state index in [2.05, 4.69) is 68.9 Å². The zero-order chi connectivity index (χ0) is 61.1. The number of hydrogen-bond donors (Lipinski definition) is 10. The van der Waals surface area contributed by atoms with Crippen molar-refractivity contribution in [3.05, 3.63) is 144 Å². The Morgan fingerprint density at radius 1 is 0.435 bits per heavy atom. The van der Waals surface area contributed by atoms with Crippen molar-refractivity contribution in [1.29, 1.82) is 0 Å². The normalized spacial score (nSPS) is 8.02. The van der Waals surface area contributed by atoms with Gasteiger partial charge in [-0.25, -0.2) is 39.1 Å². The predicted molar refractivity (Wildman–Crippen MR) is 406 cm³/mol. The maximum absolute atomic E-state index is 11.0. The number of nitrogens with one attached hydrogen (secondary N) is 4. The lowest BCUT2D eigenvalue weighted by atomic mass is 10.3. The molecule has 0 saturated heterocycles. The van der Waals surface area contributed by atoms with E-state index in [1.807, 2.05) is 164 Å². The Hall–Kier alpha value is -7.10. The van der Waals surface area contributed by atoms with E-state index >= 15 is 0 Å². The van der Waals surface area contributed by atoms with Crippen molar-refractivity contribution < 1.29 is 31.0 Å². The zero-order valence-electron chi connectivity index (χ0n) is 63.1. The summed E-state index contributed by atoms with van der Waals surface area (Å²) in [5, 5.41) is 14.2. The quantitative estimate of drug-likeness (QED) is 0.0677.